The number of aliphatic hydroxyl groups excluding tert-OH is 1. The molecular weight excluding hydrogens is 304 g/mol. The van der Waals surface area contributed by atoms with Gasteiger partial charge in [-0.25, -0.2) is 4.79 Å². The Hall–Kier alpha value is -2.92. The minimum absolute atomic E-state index is 0.00196. The van der Waals surface area contributed by atoms with Gasteiger partial charge in [0, 0.05) is 0 Å². The summed E-state index contributed by atoms with van der Waals surface area (Å²) in [5.74, 6) is -0.414. The number of carbonyl (C=O) groups excluding carboxylic acids is 2. The summed E-state index contributed by atoms with van der Waals surface area (Å²) in [7, 11) is 0. The molecule has 24 heavy (non-hydrogen) atoms. The third-order valence-electron chi connectivity index (χ3n) is 3.83. The normalized spacial score (nSPS) is 15.9. The van der Waals surface area contributed by atoms with E-state index in [1.54, 1.807) is 6.08 Å². The van der Waals surface area contributed by atoms with E-state index in [4.69, 9.17) is 5.11 Å². The van der Waals surface area contributed by atoms with Crippen molar-refractivity contribution < 1.29 is 14.7 Å². The van der Waals surface area contributed by atoms with Crippen molar-refractivity contribution in [3.05, 3.63) is 77.0 Å². The fourth-order valence-corrected chi connectivity index (χ4v) is 2.60. The molecule has 2 N–H and O–H groups in total. The van der Waals surface area contributed by atoms with Crippen LogP contribution in [-0.4, -0.2) is 35.1 Å². The molecule has 0 aromatic heterocycles. The van der Waals surface area contributed by atoms with Gasteiger partial charge in [-0.2, -0.15) is 0 Å². The first-order valence-corrected chi connectivity index (χ1v) is 7.75. The van der Waals surface area contributed by atoms with E-state index in [9.17, 15) is 9.59 Å². The first-order chi connectivity index (χ1) is 11.7. The molecule has 1 heterocycles. The van der Waals surface area contributed by atoms with Gasteiger partial charge in [-0.05, 0) is 29.2 Å². The quantitative estimate of drug-likeness (QED) is 0.655. The predicted octanol–water partition coefficient (Wildman–Crippen LogP) is 2.16. The van der Waals surface area contributed by atoms with Crippen LogP contribution in [0.25, 0.3) is 6.08 Å². The average Bonchev–Trinajstić information content (AvgIpc) is 2.85. The first kappa shape index (κ1) is 16.0. The molecule has 1 aliphatic rings. The molecule has 2 aromatic carbocycles. The molecule has 0 spiro atoms. The number of rotatable bonds is 5. The van der Waals surface area contributed by atoms with Crippen LogP contribution in [0.15, 0.2) is 60.3 Å². The fraction of sp³-hybridized carbons (Fsp3) is 0.158. The molecule has 1 aliphatic heterocycles. The second-order valence-corrected chi connectivity index (χ2v) is 5.57. The van der Waals surface area contributed by atoms with Gasteiger partial charge >= 0.3 is 6.03 Å². The van der Waals surface area contributed by atoms with E-state index in [1.807, 2.05) is 42.5 Å². The van der Waals surface area contributed by atoms with Crippen LogP contribution in [-0.2, 0) is 11.2 Å². The van der Waals surface area contributed by atoms with Gasteiger partial charge in [-0.1, -0.05) is 54.6 Å². The van der Waals surface area contributed by atoms with Crippen LogP contribution in [0.3, 0.4) is 0 Å². The number of nitrogens with one attached hydrogen (secondary N) is 1. The van der Waals surface area contributed by atoms with Crippen LogP contribution >= 0.6 is 0 Å². The highest BCUT2D eigenvalue weighted by Gasteiger charge is 2.32. The zero-order valence-corrected chi connectivity index (χ0v) is 13.1. The van der Waals surface area contributed by atoms with Crippen molar-refractivity contribution in [2.75, 3.05) is 13.2 Å². The molecule has 3 amide bonds. The lowest BCUT2D eigenvalue weighted by Gasteiger charge is -2.08. The van der Waals surface area contributed by atoms with Crippen LogP contribution < -0.4 is 5.32 Å². The van der Waals surface area contributed by atoms with E-state index in [0.29, 0.717) is 0 Å². The average molecular weight is 322 g/mol. The molecule has 0 radical (unpaired) electrons. The highest BCUT2D eigenvalue weighted by molar-refractivity contribution is 6.13. The van der Waals surface area contributed by atoms with E-state index in [2.05, 4.69) is 17.4 Å². The van der Waals surface area contributed by atoms with E-state index >= 15 is 0 Å². The third-order valence-corrected chi connectivity index (χ3v) is 3.83. The lowest BCUT2D eigenvalue weighted by Crippen LogP contribution is -2.33. The van der Waals surface area contributed by atoms with Gasteiger partial charge in [0.05, 0.1) is 13.2 Å². The molecule has 0 bridgehead atoms. The van der Waals surface area contributed by atoms with Gasteiger partial charge in [0.1, 0.15) is 5.70 Å². The predicted molar refractivity (Wildman–Crippen MR) is 91.0 cm³/mol. The highest BCUT2D eigenvalue weighted by Crippen LogP contribution is 2.16. The van der Waals surface area contributed by atoms with E-state index in [0.717, 1.165) is 16.9 Å². The number of amides is 3. The Morgan fingerprint density at radius 2 is 1.62 bits per heavy atom. The van der Waals surface area contributed by atoms with Crippen molar-refractivity contribution in [1.82, 2.24) is 10.2 Å². The Morgan fingerprint density at radius 3 is 2.29 bits per heavy atom. The van der Waals surface area contributed by atoms with Crippen molar-refractivity contribution in [2.45, 2.75) is 6.42 Å². The fourth-order valence-electron chi connectivity index (χ4n) is 2.60. The monoisotopic (exact) mass is 322 g/mol. The number of aliphatic hydroxyl groups is 1. The molecule has 2 aromatic rings. The molecule has 5 nitrogen and oxygen atoms in total. The number of imide groups is 1. The summed E-state index contributed by atoms with van der Waals surface area (Å²) in [4.78, 5) is 24.8. The minimum atomic E-state index is -0.499. The molecule has 122 valence electrons. The van der Waals surface area contributed by atoms with E-state index in [-0.39, 0.29) is 18.8 Å². The summed E-state index contributed by atoms with van der Waals surface area (Å²) >= 11 is 0. The number of hydrogen-bond acceptors (Lipinski definition) is 3. The molecule has 0 aliphatic carbocycles. The molecule has 5 heteroatoms. The standard InChI is InChI=1S/C19H18N2O3/c22-11-10-21-18(23)17(20-19(21)24)13-16-8-6-15(7-9-16)12-14-4-2-1-3-5-14/h1-9,13,22H,10-12H2,(H,20,24). The number of carbonyl (C=O) groups is 2. The lowest BCUT2D eigenvalue weighted by atomic mass is 10.0. The number of nitrogens with zero attached hydrogens (tertiary/aromatic N) is 1. The zero-order chi connectivity index (χ0) is 16.9. The minimum Gasteiger partial charge on any atom is -0.395 e. The summed E-state index contributed by atoms with van der Waals surface area (Å²) < 4.78 is 0. The number of urea groups is 1. The smallest absolute Gasteiger partial charge is 0.329 e. The maximum Gasteiger partial charge on any atom is 0.329 e. The lowest BCUT2D eigenvalue weighted by molar-refractivity contribution is -0.123. The molecule has 0 unspecified atom stereocenters. The Balaban J connectivity index is 1.72. The van der Waals surface area contributed by atoms with Crippen LogP contribution in [0.4, 0.5) is 4.79 Å². The SMILES string of the molecule is O=C1NC(=Cc2ccc(Cc3ccccc3)cc2)C(=O)N1CCO. The molecule has 0 saturated carbocycles. The largest absolute Gasteiger partial charge is 0.395 e. The first-order valence-electron chi connectivity index (χ1n) is 7.75. The summed E-state index contributed by atoms with van der Waals surface area (Å²) in [6.45, 7) is -0.251. The molecule has 0 atom stereocenters. The van der Waals surface area contributed by atoms with Crippen molar-refractivity contribution in [2.24, 2.45) is 0 Å². The van der Waals surface area contributed by atoms with Crippen molar-refractivity contribution in [3.63, 3.8) is 0 Å². The van der Waals surface area contributed by atoms with Gasteiger partial charge in [0.2, 0.25) is 0 Å². The number of β-amino-alcohol motifs (C(OH)–C–C–N with tert-alkyl or cyclic N) is 1. The van der Waals surface area contributed by atoms with Gasteiger partial charge in [-0.3, -0.25) is 9.69 Å². The Bertz CT molecular complexity index is 767. The van der Waals surface area contributed by atoms with Gasteiger partial charge < -0.3 is 10.4 Å². The zero-order valence-electron chi connectivity index (χ0n) is 13.1. The molecule has 1 saturated heterocycles. The summed E-state index contributed by atoms with van der Waals surface area (Å²) in [5, 5.41) is 11.4. The van der Waals surface area contributed by atoms with E-state index in [1.165, 1.54) is 11.1 Å². The van der Waals surface area contributed by atoms with Gasteiger partial charge in [0.25, 0.3) is 5.91 Å². The van der Waals surface area contributed by atoms with Crippen LogP contribution in [0.5, 0.6) is 0 Å². The Morgan fingerprint density at radius 1 is 0.958 bits per heavy atom. The third kappa shape index (κ3) is 3.52. The van der Waals surface area contributed by atoms with Crippen LogP contribution in [0.2, 0.25) is 0 Å². The van der Waals surface area contributed by atoms with Crippen LogP contribution in [0.1, 0.15) is 16.7 Å². The van der Waals surface area contributed by atoms with Crippen molar-refractivity contribution in [1.29, 1.82) is 0 Å². The summed E-state index contributed by atoms with van der Waals surface area (Å²) in [6.07, 6.45) is 2.49. The number of benzene rings is 2. The molecular formula is C19H18N2O3. The van der Waals surface area contributed by atoms with Crippen molar-refractivity contribution in [3.8, 4) is 0 Å². The molecule has 1 fully saturated rings. The Kier molecular flexibility index (Phi) is 4.72. The highest BCUT2D eigenvalue weighted by atomic mass is 16.3. The van der Waals surface area contributed by atoms with Crippen molar-refractivity contribution >= 4 is 18.0 Å². The topological polar surface area (TPSA) is 69.6 Å². The van der Waals surface area contributed by atoms with Gasteiger partial charge in [0.15, 0.2) is 0 Å². The Labute approximate surface area is 140 Å². The summed E-state index contributed by atoms with van der Waals surface area (Å²) in [5.41, 5.74) is 3.47. The summed E-state index contributed by atoms with van der Waals surface area (Å²) in [6, 6.07) is 17.5. The molecule has 3 rings (SSSR count). The maximum atomic E-state index is 12.1. The maximum absolute atomic E-state index is 12.1. The van der Waals surface area contributed by atoms with Crippen LogP contribution in [0, 0.1) is 0 Å². The second kappa shape index (κ2) is 7.10. The van der Waals surface area contributed by atoms with Gasteiger partial charge in [-0.15, -0.1) is 0 Å². The number of hydrogen-bond donors (Lipinski definition) is 2. The van der Waals surface area contributed by atoms with E-state index < -0.39 is 11.9 Å². The second-order valence-electron chi connectivity index (χ2n) is 5.57.